The molecule has 7 rings (SSSR count). The first-order valence-electron chi connectivity index (χ1n) is 7.59. The summed E-state index contributed by atoms with van der Waals surface area (Å²) in [5.41, 5.74) is 0. The molecule has 6 atom stereocenters. The first kappa shape index (κ1) is 10.4. The van der Waals surface area contributed by atoms with Gasteiger partial charge in [0, 0.05) is 9.64 Å². The first-order valence-corrected chi connectivity index (χ1v) is 8.41. The predicted octanol–water partition coefficient (Wildman–Crippen LogP) is 4.60. The second-order valence-electron chi connectivity index (χ2n) is 7.11. The number of rotatable bonds is 2. The van der Waals surface area contributed by atoms with Gasteiger partial charge in [0.1, 0.15) is 0 Å². The van der Waals surface area contributed by atoms with Gasteiger partial charge in [0.15, 0.2) is 0 Å². The van der Waals surface area contributed by atoms with E-state index in [-0.39, 0.29) is 0 Å². The molecular weight excluding hydrogens is 236 g/mol. The Labute approximate surface area is 114 Å². The zero-order chi connectivity index (χ0) is 11.7. The summed E-state index contributed by atoms with van der Waals surface area (Å²) in [4.78, 5) is 1.52. The molecule has 1 aromatic carbocycles. The fourth-order valence-corrected chi connectivity index (χ4v) is 7.69. The van der Waals surface area contributed by atoms with Crippen LogP contribution in [-0.2, 0) is 0 Å². The molecular formula is C17H20S. The van der Waals surface area contributed by atoms with E-state index in [0.29, 0.717) is 4.75 Å². The van der Waals surface area contributed by atoms with Crippen molar-refractivity contribution in [2.75, 3.05) is 0 Å². The molecule has 6 saturated carbocycles. The van der Waals surface area contributed by atoms with Crippen LogP contribution in [0.2, 0.25) is 0 Å². The van der Waals surface area contributed by atoms with Gasteiger partial charge in [-0.1, -0.05) is 18.2 Å². The van der Waals surface area contributed by atoms with Crippen LogP contribution in [0.1, 0.15) is 32.1 Å². The van der Waals surface area contributed by atoms with Crippen LogP contribution in [-0.4, -0.2) is 4.75 Å². The molecule has 0 nitrogen and oxygen atoms in total. The highest BCUT2D eigenvalue weighted by atomic mass is 32.2. The summed E-state index contributed by atoms with van der Waals surface area (Å²) < 4.78 is 0.666. The minimum absolute atomic E-state index is 0.666. The van der Waals surface area contributed by atoms with Crippen molar-refractivity contribution in [3.63, 3.8) is 0 Å². The highest BCUT2D eigenvalue weighted by Gasteiger charge is 2.68. The van der Waals surface area contributed by atoms with Gasteiger partial charge in [0.2, 0.25) is 0 Å². The van der Waals surface area contributed by atoms with E-state index in [1.54, 1.807) is 32.1 Å². The monoisotopic (exact) mass is 256 g/mol. The Morgan fingerprint density at radius 2 is 1.89 bits per heavy atom. The first-order chi connectivity index (χ1) is 8.85. The highest BCUT2D eigenvalue weighted by molar-refractivity contribution is 8.00. The van der Waals surface area contributed by atoms with Crippen LogP contribution >= 0.6 is 11.8 Å². The molecule has 18 heavy (non-hydrogen) atoms. The van der Waals surface area contributed by atoms with E-state index in [2.05, 4.69) is 42.1 Å². The van der Waals surface area contributed by atoms with Gasteiger partial charge < -0.3 is 0 Å². The van der Waals surface area contributed by atoms with Crippen molar-refractivity contribution in [1.29, 1.82) is 0 Å². The molecule has 0 aliphatic heterocycles. The minimum atomic E-state index is 0.666. The maximum atomic E-state index is 2.32. The second-order valence-corrected chi connectivity index (χ2v) is 8.55. The zero-order valence-electron chi connectivity index (χ0n) is 10.7. The molecule has 1 aromatic rings. The Morgan fingerprint density at radius 3 is 2.72 bits per heavy atom. The Bertz CT molecular complexity index is 469. The molecule has 6 unspecified atom stereocenters. The maximum Gasteiger partial charge on any atom is 0.0269 e. The SMILES string of the molecule is c1ccc(SC23CC4C5CC(CC2C5)CC43)cc1. The lowest BCUT2D eigenvalue weighted by Gasteiger charge is -2.73. The molecule has 0 N–H and O–H groups in total. The third-order valence-electron chi connectivity index (χ3n) is 6.48. The van der Waals surface area contributed by atoms with Gasteiger partial charge in [-0.15, -0.1) is 11.8 Å². The van der Waals surface area contributed by atoms with Crippen LogP contribution in [0.5, 0.6) is 0 Å². The van der Waals surface area contributed by atoms with Crippen molar-refractivity contribution >= 4 is 11.8 Å². The van der Waals surface area contributed by atoms with Crippen molar-refractivity contribution in [3.8, 4) is 0 Å². The average molecular weight is 256 g/mol. The smallest absolute Gasteiger partial charge is 0.0269 e. The molecule has 6 bridgehead atoms. The van der Waals surface area contributed by atoms with E-state index >= 15 is 0 Å². The van der Waals surface area contributed by atoms with E-state index in [4.69, 9.17) is 0 Å². The molecule has 6 aliphatic carbocycles. The van der Waals surface area contributed by atoms with Crippen molar-refractivity contribution in [2.45, 2.75) is 41.7 Å². The van der Waals surface area contributed by atoms with Gasteiger partial charge >= 0.3 is 0 Å². The summed E-state index contributed by atoms with van der Waals surface area (Å²) in [7, 11) is 0. The summed E-state index contributed by atoms with van der Waals surface area (Å²) in [6.45, 7) is 0. The topological polar surface area (TPSA) is 0 Å². The van der Waals surface area contributed by atoms with E-state index in [1.807, 2.05) is 0 Å². The molecule has 0 heterocycles. The fraction of sp³-hybridized carbons (Fsp3) is 0.647. The van der Waals surface area contributed by atoms with Crippen LogP contribution in [0.15, 0.2) is 35.2 Å². The lowest BCUT2D eigenvalue weighted by Crippen LogP contribution is -2.68. The molecule has 6 fully saturated rings. The molecule has 0 spiro atoms. The van der Waals surface area contributed by atoms with E-state index < -0.39 is 0 Å². The normalized spacial score (nSPS) is 51.2. The lowest BCUT2D eigenvalue weighted by molar-refractivity contribution is -0.148. The van der Waals surface area contributed by atoms with E-state index in [1.165, 1.54) is 4.90 Å². The zero-order valence-corrected chi connectivity index (χ0v) is 11.5. The van der Waals surface area contributed by atoms with E-state index in [9.17, 15) is 0 Å². The van der Waals surface area contributed by atoms with Gasteiger partial charge in [0.25, 0.3) is 0 Å². The largest absolute Gasteiger partial charge is 0.119 e. The second kappa shape index (κ2) is 3.36. The lowest BCUT2D eigenvalue weighted by atomic mass is 9.38. The molecule has 6 aliphatic rings. The van der Waals surface area contributed by atoms with Gasteiger partial charge in [-0.3, -0.25) is 0 Å². The average Bonchev–Trinajstić information content (AvgIpc) is 2.38. The number of thioether (sulfide) groups is 1. The summed E-state index contributed by atoms with van der Waals surface area (Å²) in [6.07, 6.45) is 7.82. The third-order valence-corrected chi connectivity index (χ3v) is 8.17. The summed E-state index contributed by atoms with van der Waals surface area (Å²) in [5.74, 6) is 5.49. The summed E-state index contributed by atoms with van der Waals surface area (Å²) >= 11 is 2.25. The summed E-state index contributed by atoms with van der Waals surface area (Å²) in [5, 5.41) is 0. The van der Waals surface area contributed by atoms with Crippen LogP contribution in [0.4, 0.5) is 0 Å². The molecule has 1 heteroatoms. The minimum Gasteiger partial charge on any atom is -0.119 e. The third kappa shape index (κ3) is 1.15. The predicted molar refractivity (Wildman–Crippen MR) is 75.6 cm³/mol. The highest BCUT2D eigenvalue weighted by Crippen LogP contribution is 2.75. The van der Waals surface area contributed by atoms with Gasteiger partial charge in [0.05, 0.1) is 0 Å². The fourth-order valence-electron chi connectivity index (χ4n) is 5.90. The summed E-state index contributed by atoms with van der Waals surface area (Å²) in [6, 6.07) is 11.2. The van der Waals surface area contributed by atoms with Crippen molar-refractivity contribution in [1.82, 2.24) is 0 Å². The Balaban J connectivity index is 1.50. The molecule has 0 amide bonds. The Kier molecular flexibility index (Phi) is 1.94. The number of benzene rings is 1. The van der Waals surface area contributed by atoms with Crippen LogP contribution in [0.25, 0.3) is 0 Å². The van der Waals surface area contributed by atoms with Gasteiger partial charge in [-0.2, -0.15) is 0 Å². The standard InChI is InChI=1S/C17H20S/c1-2-4-14(5-3-1)18-17-10-15-12-6-11(8-16(15)17)7-13(17)9-12/h1-5,11-13,15-16H,6-10H2. The van der Waals surface area contributed by atoms with Crippen molar-refractivity contribution in [3.05, 3.63) is 30.3 Å². The molecule has 94 valence electrons. The molecule has 0 radical (unpaired) electrons. The van der Waals surface area contributed by atoms with Gasteiger partial charge in [-0.25, -0.2) is 0 Å². The van der Waals surface area contributed by atoms with E-state index in [0.717, 1.165) is 29.6 Å². The van der Waals surface area contributed by atoms with Crippen LogP contribution in [0, 0.1) is 29.6 Å². The van der Waals surface area contributed by atoms with Crippen molar-refractivity contribution in [2.24, 2.45) is 29.6 Å². The van der Waals surface area contributed by atoms with Crippen molar-refractivity contribution < 1.29 is 0 Å². The van der Waals surface area contributed by atoms with Crippen LogP contribution in [0.3, 0.4) is 0 Å². The molecule has 0 saturated heterocycles. The Hall–Kier alpha value is -0.430. The number of hydrogen-bond acceptors (Lipinski definition) is 1. The quantitative estimate of drug-likeness (QED) is 0.745. The van der Waals surface area contributed by atoms with Gasteiger partial charge in [-0.05, 0) is 73.8 Å². The van der Waals surface area contributed by atoms with Crippen LogP contribution < -0.4 is 0 Å². The number of hydrogen-bond donors (Lipinski definition) is 0. The maximum absolute atomic E-state index is 2.32. The molecule has 0 aromatic heterocycles. The Morgan fingerprint density at radius 1 is 1.00 bits per heavy atom.